The largest absolute Gasteiger partial charge is 0.508 e. The molecular formula is C23H29N3O6. The summed E-state index contributed by atoms with van der Waals surface area (Å²) >= 11 is 0. The van der Waals surface area contributed by atoms with Crippen molar-refractivity contribution in [2.24, 2.45) is 5.16 Å². The van der Waals surface area contributed by atoms with Gasteiger partial charge in [0.05, 0.1) is 12.3 Å². The number of hydrogen-bond donors (Lipinski definition) is 3. The number of carbonyl (C=O) groups is 2. The smallest absolute Gasteiger partial charge is 0.342 e. The monoisotopic (exact) mass is 443 g/mol. The van der Waals surface area contributed by atoms with E-state index in [2.05, 4.69) is 10.5 Å². The number of nitrogens with one attached hydrogen (secondary N) is 1. The number of oxime groups is 1. The van der Waals surface area contributed by atoms with Crippen molar-refractivity contribution in [3.63, 3.8) is 0 Å². The Hall–Kier alpha value is -3.33. The lowest BCUT2D eigenvalue weighted by molar-refractivity contribution is -0.136. The van der Waals surface area contributed by atoms with Gasteiger partial charge in [-0.15, -0.1) is 0 Å². The molecule has 0 aromatic heterocycles. The standard InChI is InChI=1S/C23H29N3O6/c27-19-14-17-13-18(25-32-16-21(29)26-10-8-24-9-11-26)7-5-3-1-2-4-6-12-31-23(30)22(17)20(28)15-19/h2,4-5,7,14-15,24,27-28H,1,3,6,8-13,16H2. The van der Waals surface area contributed by atoms with Gasteiger partial charge in [0.1, 0.15) is 17.1 Å². The zero-order valence-corrected chi connectivity index (χ0v) is 18.0. The summed E-state index contributed by atoms with van der Waals surface area (Å²) in [5.74, 6) is -1.38. The number of cyclic esters (lactones) is 1. The van der Waals surface area contributed by atoms with Crippen molar-refractivity contribution in [3.05, 3.63) is 47.6 Å². The highest BCUT2D eigenvalue weighted by Gasteiger charge is 2.21. The first-order valence-electron chi connectivity index (χ1n) is 10.8. The van der Waals surface area contributed by atoms with Crippen LogP contribution in [0.25, 0.3) is 0 Å². The summed E-state index contributed by atoms with van der Waals surface area (Å²) in [6, 6.07) is 2.48. The Bertz CT molecular complexity index is 903. The van der Waals surface area contributed by atoms with Gasteiger partial charge in [0.15, 0.2) is 6.61 Å². The zero-order chi connectivity index (χ0) is 22.8. The number of hydrogen-bond acceptors (Lipinski definition) is 8. The third-order valence-corrected chi connectivity index (χ3v) is 5.09. The first-order valence-corrected chi connectivity index (χ1v) is 10.8. The molecule has 2 aliphatic heterocycles. The number of esters is 1. The number of fused-ring (bicyclic) bond motifs is 1. The van der Waals surface area contributed by atoms with Crippen molar-refractivity contribution in [2.45, 2.75) is 25.7 Å². The van der Waals surface area contributed by atoms with Gasteiger partial charge < -0.3 is 30.0 Å². The minimum atomic E-state index is -0.680. The van der Waals surface area contributed by atoms with Crippen LogP contribution in [0.5, 0.6) is 11.5 Å². The minimum absolute atomic E-state index is 0.0261. The Morgan fingerprint density at radius 2 is 1.88 bits per heavy atom. The number of benzene rings is 1. The van der Waals surface area contributed by atoms with Crippen molar-refractivity contribution in [3.8, 4) is 11.5 Å². The molecule has 0 spiro atoms. The van der Waals surface area contributed by atoms with Gasteiger partial charge >= 0.3 is 5.97 Å². The predicted octanol–water partition coefficient (Wildman–Crippen LogP) is 1.90. The van der Waals surface area contributed by atoms with Crippen LogP contribution in [0.2, 0.25) is 0 Å². The van der Waals surface area contributed by atoms with E-state index in [9.17, 15) is 19.8 Å². The van der Waals surface area contributed by atoms with Gasteiger partial charge in [0.2, 0.25) is 0 Å². The summed E-state index contributed by atoms with van der Waals surface area (Å²) in [4.78, 5) is 31.9. The number of carbonyl (C=O) groups excluding carboxylic acids is 2. The number of phenolic OH excluding ortho intramolecular Hbond substituents is 2. The van der Waals surface area contributed by atoms with Crippen molar-refractivity contribution in [1.82, 2.24) is 10.2 Å². The van der Waals surface area contributed by atoms with Crippen LogP contribution in [0.1, 0.15) is 35.2 Å². The quantitative estimate of drug-likeness (QED) is 0.371. The highest BCUT2D eigenvalue weighted by atomic mass is 16.6. The highest BCUT2D eigenvalue weighted by molar-refractivity contribution is 6.00. The van der Waals surface area contributed by atoms with Crippen LogP contribution in [0.15, 0.2) is 41.6 Å². The number of nitrogens with zero attached hydrogens (tertiary/aromatic N) is 2. The molecule has 3 N–H and O–H groups in total. The number of piperazine rings is 1. The predicted molar refractivity (Wildman–Crippen MR) is 119 cm³/mol. The Labute approximate surface area is 187 Å². The van der Waals surface area contributed by atoms with Crippen LogP contribution in [0.3, 0.4) is 0 Å². The number of aromatic hydroxyl groups is 2. The van der Waals surface area contributed by atoms with E-state index in [0.29, 0.717) is 30.8 Å². The van der Waals surface area contributed by atoms with Crippen LogP contribution in [0.4, 0.5) is 0 Å². The molecular weight excluding hydrogens is 414 g/mol. The molecule has 0 atom stereocenters. The molecule has 1 amide bonds. The lowest BCUT2D eigenvalue weighted by atomic mass is 10.00. The molecule has 9 nitrogen and oxygen atoms in total. The van der Waals surface area contributed by atoms with E-state index in [1.54, 1.807) is 11.0 Å². The molecule has 1 aromatic carbocycles. The summed E-state index contributed by atoms with van der Waals surface area (Å²) in [6.07, 6.45) is 9.89. The van der Waals surface area contributed by atoms with Gasteiger partial charge in [-0.2, -0.15) is 0 Å². The minimum Gasteiger partial charge on any atom is -0.508 e. The number of phenols is 2. The number of ether oxygens (including phenoxy) is 1. The molecule has 9 heteroatoms. The van der Waals surface area contributed by atoms with E-state index in [0.717, 1.165) is 32.0 Å². The maximum Gasteiger partial charge on any atom is 0.342 e. The van der Waals surface area contributed by atoms with E-state index in [-0.39, 0.29) is 42.6 Å². The Morgan fingerprint density at radius 1 is 1.12 bits per heavy atom. The van der Waals surface area contributed by atoms with Crippen molar-refractivity contribution >= 4 is 17.6 Å². The van der Waals surface area contributed by atoms with Crippen LogP contribution in [-0.2, 0) is 20.8 Å². The zero-order valence-electron chi connectivity index (χ0n) is 18.0. The molecule has 1 fully saturated rings. The van der Waals surface area contributed by atoms with Crippen LogP contribution < -0.4 is 5.32 Å². The molecule has 0 saturated carbocycles. The van der Waals surface area contributed by atoms with Gasteiger partial charge in [-0.3, -0.25) is 4.79 Å². The third-order valence-electron chi connectivity index (χ3n) is 5.09. The first-order chi connectivity index (χ1) is 15.5. The lowest BCUT2D eigenvalue weighted by Crippen LogP contribution is -2.47. The second-order valence-electron chi connectivity index (χ2n) is 7.54. The fourth-order valence-electron chi connectivity index (χ4n) is 3.48. The van der Waals surface area contributed by atoms with E-state index in [4.69, 9.17) is 9.57 Å². The molecule has 3 rings (SSSR count). The Balaban J connectivity index is 1.80. The maximum atomic E-state index is 12.6. The third kappa shape index (κ3) is 6.84. The SMILES string of the molecule is O=C1OCCC=CCCC=CC(=NOCC(=O)N2CCNCC2)Cc2cc(O)cc(O)c21. The van der Waals surface area contributed by atoms with E-state index in [1.165, 1.54) is 6.07 Å². The number of amides is 1. The van der Waals surface area contributed by atoms with Gasteiger partial charge in [-0.25, -0.2) is 4.79 Å². The van der Waals surface area contributed by atoms with Gasteiger partial charge in [-0.05, 0) is 37.0 Å². The summed E-state index contributed by atoms with van der Waals surface area (Å²) < 4.78 is 5.27. The molecule has 0 bridgehead atoms. The summed E-state index contributed by atoms with van der Waals surface area (Å²) in [5.41, 5.74) is 0.764. The highest BCUT2D eigenvalue weighted by Crippen LogP contribution is 2.29. The summed E-state index contributed by atoms with van der Waals surface area (Å²) in [6.45, 7) is 2.73. The maximum absolute atomic E-state index is 12.6. The summed E-state index contributed by atoms with van der Waals surface area (Å²) in [5, 5.41) is 27.5. The molecule has 172 valence electrons. The van der Waals surface area contributed by atoms with Crippen molar-refractivity contribution < 1.29 is 29.4 Å². The molecule has 32 heavy (non-hydrogen) atoms. The second kappa shape index (κ2) is 11.9. The Kier molecular flexibility index (Phi) is 8.68. The fraction of sp³-hybridized carbons (Fsp3) is 0.435. The lowest BCUT2D eigenvalue weighted by Gasteiger charge is -2.26. The summed E-state index contributed by atoms with van der Waals surface area (Å²) in [7, 11) is 0. The first kappa shape index (κ1) is 23.3. The molecule has 1 saturated heterocycles. The molecule has 0 unspecified atom stereocenters. The van der Waals surface area contributed by atoms with Gasteiger partial charge in [0.25, 0.3) is 5.91 Å². The van der Waals surface area contributed by atoms with Crippen LogP contribution >= 0.6 is 0 Å². The molecule has 1 aromatic rings. The molecule has 2 aliphatic rings. The van der Waals surface area contributed by atoms with Crippen molar-refractivity contribution in [2.75, 3.05) is 39.4 Å². The van der Waals surface area contributed by atoms with Crippen LogP contribution in [0, 0.1) is 0 Å². The second-order valence-corrected chi connectivity index (χ2v) is 7.54. The van der Waals surface area contributed by atoms with Gasteiger partial charge in [-0.1, -0.05) is 23.4 Å². The average Bonchev–Trinajstić information content (AvgIpc) is 2.77. The van der Waals surface area contributed by atoms with E-state index in [1.807, 2.05) is 18.2 Å². The average molecular weight is 444 g/mol. The topological polar surface area (TPSA) is 121 Å². The number of rotatable bonds is 3. The normalized spacial score (nSPS) is 19.2. The fourth-order valence-corrected chi connectivity index (χ4v) is 3.48. The molecule has 2 heterocycles. The molecule has 0 radical (unpaired) electrons. The van der Waals surface area contributed by atoms with E-state index < -0.39 is 5.97 Å². The van der Waals surface area contributed by atoms with Crippen LogP contribution in [-0.4, -0.2) is 72.1 Å². The van der Waals surface area contributed by atoms with Gasteiger partial charge in [0, 0.05) is 38.7 Å². The number of allylic oxidation sites excluding steroid dienone is 3. The van der Waals surface area contributed by atoms with Crippen molar-refractivity contribution in [1.29, 1.82) is 0 Å². The Morgan fingerprint density at radius 3 is 2.69 bits per heavy atom. The molecule has 0 aliphatic carbocycles. The van der Waals surface area contributed by atoms with E-state index >= 15 is 0 Å².